The molecule has 2 atom stereocenters. The van der Waals surface area contributed by atoms with E-state index in [9.17, 15) is 14.7 Å². The first-order valence-corrected chi connectivity index (χ1v) is 13.6. The number of pyridine rings is 3. The molecule has 2 fully saturated rings. The van der Waals surface area contributed by atoms with Crippen LogP contribution in [0.3, 0.4) is 0 Å². The summed E-state index contributed by atoms with van der Waals surface area (Å²) in [6, 6.07) is 5.94. The Balaban J connectivity index is 1.55. The zero-order chi connectivity index (χ0) is 27.9. The van der Waals surface area contributed by atoms with E-state index in [1.165, 1.54) is 6.20 Å². The molecule has 0 amide bonds. The Morgan fingerprint density at radius 2 is 1.98 bits per heavy atom. The van der Waals surface area contributed by atoms with Gasteiger partial charge in [-0.1, -0.05) is 11.6 Å². The molecule has 204 valence electrons. The summed E-state index contributed by atoms with van der Waals surface area (Å²) in [6.45, 7) is 2.91. The third-order valence-electron chi connectivity index (χ3n) is 8.51. The van der Waals surface area contributed by atoms with E-state index in [0.717, 1.165) is 64.9 Å². The van der Waals surface area contributed by atoms with Crippen molar-refractivity contribution in [2.45, 2.75) is 12.5 Å². The van der Waals surface area contributed by atoms with Gasteiger partial charge in [0.25, 0.3) is 0 Å². The number of halogens is 1. The number of aromatic nitrogens is 4. The number of fused-ring (bicyclic) bond motifs is 5. The highest BCUT2D eigenvalue weighted by molar-refractivity contribution is 6.33. The van der Waals surface area contributed by atoms with Crippen molar-refractivity contribution in [3.8, 4) is 11.1 Å². The SMILES string of the molecule is CNc1cc(Cl)cc2c1[nH]c1ncc(-c3cnc4c(c3)c(=O)c(C(=O)O)cn4C)c(N3CC[C@H]4CN(C)C[C@H]43)c12. The number of nitrogens with zero attached hydrogens (tertiary/aromatic N) is 5. The fourth-order valence-electron chi connectivity index (χ4n) is 6.73. The molecule has 7 rings (SSSR count). The maximum absolute atomic E-state index is 13.2. The Hall–Kier alpha value is -4.15. The molecule has 0 saturated carbocycles. The number of likely N-dealkylation sites (tertiary alicyclic amines) is 1. The molecular formula is C29H28ClN7O3. The number of H-pyrrole nitrogens is 1. The van der Waals surface area contributed by atoms with Gasteiger partial charge in [-0.3, -0.25) is 4.79 Å². The Bertz CT molecular complexity index is 1930. The second-order valence-electron chi connectivity index (χ2n) is 10.9. The van der Waals surface area contributed by atoms with Gasteiger partial charge in [0.2, 0.25) is 5.43 Å². The number of nitrogens with one attached hydrogen (secondary N) is 2. The number of likely N-dealkylation sites (N-methyl/N-ethyl adjacent to an activating group) is 1. The molecule has 2 aliphatic heterocycles. The van der Waals surface area contributed by atoms with Crippen LogP contribution in [0.2, 0.25) is 5.02 Å². The number of anilines is 2. The summed E-state index contributed by atoms with van der Waals surface area (Å²) in [4.78, 5) is 42.8. The van der Waals surface area contributed by atoms with Crippen molar-refractivity contribution in [1.29, 1.82) is 0 Å². The molecule has 6 heterocycles. The molecule has 4 aromatic heterocycles. The van der Waals surface area contributed by atoms with E-state index >= 15 is 0 Å². The Kier molecular flexibility index (Phi) is 5.55. The minimum atomic E-state index is -1.26. The molecule has 11 heteroatoms. The smallest absolute Gasteiger partial charge is 0.341 e. The number of aromatic amines is 1. The molecule has 1 aromatic carbocycles. The van der Waals surface area contributed by atoms with Crippen molar-refractivity contribution in [2.24, 2.45) is 13.0 Å². The van der Waals surface area contributed by atoms with Crippen molar-refractivity contribution >= 4 is 61.9 Å². The van der Waals surface area contributed by atoms with Crippen LogP contribution in [0, 0.1) is 5.92 Å². The minimum Gasteiger partial charge on any atom is -0.477 e. The number of aromatic carboxylic acids is 1. The Morgan fingerprint density at radius 1 is 1.15 bits per heavy atom. The van der Waals surface area contributed by atoms with E-state index in [1.54, 1.807) is 23.9 Å². The van der Waals surface area contributed by atoms with E-state index in [0.29, 0.717) is 28.2 Å². The second kappa shape index (κ2) is 8.94. The van der Waals surface area contributed by atoms with Gasteiger partial charge in [0.1, 0.15) is 16.9 Å². The van der Waals surface area contributed by atoms with Crippen LogP contribution in [0.15, 0.2) is 41.6 Å². The van der Waals surface area contributed by atoms with Crippen LogP contribution < -0.4 is 15.6 Å². The second-order valence-corrected chi connectivity index (χ2v) is 11.3. The van der Waals surface area contributed by atoms with Gasteiger partial charge in [-0.2, -0.15) is 0 Å². The quantitative estimate of drug-likeness (QED) is 0.301. The molecule has 0 radical (unpaired) electrons. The minimum absolute atomic E-state index is 0.255. The lowest BCUT2D eigenvalue weighted by Crippen LogP contribution is -2.35. The Morgan fingerprint density at radius 3 is 2.75 bits per heavy atom. The predicted molar refractivity (Wildman–Crippen MR) is 158 cm³/mol. The van der Waals surface area contributed by atoms with Crippen LogP contribution in [0.5, 0.6) is 0 Å². The molecule has 0 bridgehead atoms. The number of rotatable bonds is 4. The molecule has 0 unspecified atom stereocenters. The maximum atomic E-state index is 13.2. The Labute approximate surface area is 234 Å². The average Bonchev–Trinajstić information content (AvgIpc) is 3.61. The first-order chi connectivity index (χ1) is 19.2. The summed E-state index contributed by atoms with van der Waals surface area (Å²) in [5.74, 6) is -0.705. The van der Waals surface area contributed by atoms with Crippen molar-refractivity contribution in [3.05, 3.63) is 57.6 Å². The van der Waals surface area contributed by atoms with E-state index in [4.69, 9.17) is 16.6 Å². The molecule has 2 aliphatic rings. The summed E-state index contributed by atoms with van der Waals surface area (Å²) in [6.07, 6.45) is 5.97. The van der Waals surface area contributed by atoms with Crippen LogP contribution in [-0.4, -0.2) is 75.3 Å². The third-order valence-corrected chi connectivity index (χ3v) is 8.73. The highest BCUT2D eigenvalue weighted by Crippen LogP contribution is 2.46. The normalized spacial score (nSPS) is 19.2. The first-order valence-electron chi connectivity index (χ1n) is 13.2. The summed E-state index contributed by atoms with van der Waals surface area (Å²) in [5.41, 5.74) is 4.70. The van der Waals surface area contributed by atoms with E-state index in [-0.39, 0.29) is 10.9 Å². The van der Waals surface area contributed by atoms with E-state index in [1.807, 2.05) is 25.4 Å². The highest BCUT2D eigenvalue weighted by atomic mass is 35.5. The standard InChI is InChI=1S/C29H28ClN7O3/c1-31-21-8-16(30)7-17-23-25(37-5-4-14-11-35(2)13-22(14)37)19(10-32-27(23)34-24(17)21)15-6-18-26(38)20(29(39)40)12-36(3)28(18)33-9-15/h6-10,12,14,22,31H,4-5,11,13H2,1-3H3,(H,32,34)(H,39,40)/t14-,22+/m0/s1. The molecule has 0 aliphatic carbocycles. The predicted octanol–water partition coefficient (Wildman–Crippen LogP) is 4.16. The number of carboxylic acid groups (broad SMARTS) is 1. The van der Waals surface area contributed by atoms with Gasteiger partial charge < -0.3 is 29.8 Å². The largest absolute Gasteiger partial charge is 0.477 e. The zero-order valence-electron chi connectivity index (χ0n) is 22.3. The van der Waals surface area contributed by atoms with Crippen molar-refractivity contribution < 1.29 is 9.90 Å². The highest BCUT2D eigenvalue weighted by Gasteiger charge is 2.41. The number of benzene rings is 1. The molecule has 5 aromatic rings. The summed E-state index contributed by atoms with van der Waals surface area (Å²) < 4.78 is 1.58. The number of hydrogen-bond donors (Lipinski definition) is 3. The van der Waals surface area contributed by atoms with Gasteiger partial charge >= 0.3 is 5.97 Å². The number of carbonyl (C=O) groups is 1. The number of carboxylic acids is 1. The summed E-state index contributed by atoms with van der Waals surface area (Å²) >= 11 is 6.59. The van der Waals surface area contributed by atoms with Crippen molar-refractivity contribution in [2.75, 3.05) is 43.9 Å². The molecule has 40 heavy (non-hydrogen) atoms. The number of aryl methyl sites for hydroxylation is 1. The topological polar surface area (TPSA) is 119 Å². The molecule has 3 N–H and O–H groups in total. The van der Waals surface area contributed by atoms with Crippen LogP contribution in [-0.2, 0) is 7.05 Å². The lowest BCUT2D eigenvalue weighted by molar-refractivity contribution is 0.0695. The van der Waals surface area contributed by atoms with Crippen LogP contribution >= 0.6 is 11.6 Å². The van der Waals surface area contributed by atoms with Gasteiger partial charge in [0.05, 0.1) is 27.7 Å². The summed E-state index contributed by atoms with van der Waals surface area (Å²) in [5, 5.41) is 15.7. The van der Waals surface area contributed by atoms with E-state index < -0.39 is 11.4 Å². The fraction of sp³-hybridized carbons (Fsp3) is 0.310. The van der Waals surface area contributed by atoms with Crippen LogP contribution in [0.1, 0.15) is 16.8 Å². The third kappa shape index (κ3) is 3.59. The molecule has 0 spiro atoms. The van der Waals surface area contributed by atoms with Gasteiger partial charge in [0, 0.05) is 79.9 Å². The maximum Gasteiger partial charge on any atom is 0.341 e. The zero-order valence-corrected chi connectivity index (χ0v) is 23.1. The monoisotopic (exact) mass is 557 g/mol. The summed E-state index contributed by atoms with van der Waals surface area (Å²) in [7, 11) is 5.71. The van der Waals surface area contributed by atoms with Crippen molar-refractivity contribution in [1.82, 2.24) is 24.4 Å². The van der Waals surface area contributed by atoms with Gasteiger partial charge in [-0.05, 0) is 37.6 Å². The lowest BCUT2D eigenvalue weighted by Gasteiger charge is -2.29. The van der Waals surface area contributed by atoms with Gasteiger partial charge in [-0.25, -0.2) is 14.8 Å². The first kappa shape index (κ1) is 24.9. The van der Waals surface area contributed by atoms with Gasteiger partial charge in [-0.15, -0.1) is 0 Å². The fourth-order valence-corrected chi connectivity index (χ4v) is 6.95. The van der Waals surface area contributed by atoms with Crippen molar-refractivity contribution in [3.63, 3.8) is 0 Å². The van der Waals surface area contributed by atoms with Gasteiger partial charge in [0.15, 0.2) is 0 Å². The molecule has 10 nitrogen and oxygen atoms in total. The van der Waals surface area contributed by atoms with E-state index in [2.05, 4.69) is 32.1 Å². The average molecular weight is 558 g/mol. The lowest BCUT2D eigenvalue weighted by atomic mass is 10.00. The number of hydrogen-bond acceptors (Lipinski definition) is 7. The molecule has 2 saturated heterocycles. The molecular weight excluding hydrogens is 530 g/mol. The van der Waals surface area contributed by atoms with Crippen LogP contribution in [0.4, 0.5) is 11.4 Å². The van der Waals surface area contributed by atoms with Crippen LogP contribution in [0.25, 0.3) is 44.1 Å².